The molecule has 1 aliphatic rings. The highest BCUT2D eigenvalue weighted by atomic mass is 79.9. The topological polar surface area (TPSA) is 55.1 Å². The van der Waals surface area contributed by atoms with E-state index in [2.05, 4.69) is 39.4 Å². The molecule has 1 saturated carbocycles. The first-order valence-electron chi connectivity index (χ1n) is 6.81. The Labute approximate surface area is 135 Å². The van der Waals surface area contributed by atoms with Crippen LogP contribution in [0.2, 0.25) is 0 Å². The van der Waals surface area contributed by atoms with Gasteiger partial charge in [0, 0.05) is 28.9 Å². The van der Waals surface area contributed by atoms with Crippen molar-refractivity contribution in [3.63, 3.8) is 0 Å². The van der Waals surface area contributed by atoms with Crippen LogP contribution in [0.3, 0.4) is 0 Å². The van der Waals surface area contributed by atoms with Crippen LogP contribution in [0, 0.1) is 0 Å². The first-order valence-corrected chi connectivity index (χ1v) is 7.60. The van der Waals surface area contributed by atoms with Crippen molar-refractivity contribution < 1.29 is 4.79 Å². The summed E-state index contributed by atoms with van der Waals surface area (Å²) in [6, 6.07) is 8.37. The summed E-state index contributed by atoms with van der Waals surface area (Å²) in [6.45, 7) is 2.66. The van der Waals surface area contributed by atoms with Crippen LogP contribution < -0.4 is 11.1 Å². The first-order chi connectivity index (χ1) is 9.03. The third kappa shape index (κ3) is 4.47. The predicted molar refractivity (Wildman–Crippen MR) is 88.2 cm³/mol. The Balaban J connectivity index is 0.00000200. The number of rotatable bonds is 6. The molecule has 0 bridgehead atoms. The minimum atomic E-state index is 0. The maximum absolute atomic E-state index is 11.8. The van der Waals surface area contributed by atoms with Crippen molar-refractivity contribution in [2.75, 3.05) is 6.54 Å². The van der Waals surface area contributed by atoms with Gasteiger partial charge in [-0.2, -0.15) is 0 Å². The van der Waals surface area contributed by atoms with E-state index < -0.39 is 0 Å². The number of hydrogen-bond acceptors (Lipinski definition) is 2. The second kappa shape index (κ2) is 7.43. The van der Waals surface area contributed by atoms with Gasteiger partial charge in [-0.05, 0) is 37.8 Å². The van der Waals surface area contributed by atoms with Gasteiger partial charge in [-0.3, -0.25) is 4.79 Å². The summed E-state index contributed by atoms with van der Waals surface area (Å²) in [5, 5.41) is 3.05. The van der Waals surface area contributed by atoms with E-state index in [-0.39, 0.29) is 29.8 Å². The van der Waals surface area contributed by atoms with Crippen molar-refractivity contribution >= 4 is 34.2 Å². The molecule has 1 aromatic carbocycles. The third-order valence-electron chi connectivity index (χ3n) is 3.75. The number of carbonyl (C=O) groups is 1. The van der Waals surface area contributed by atoms with Gasteiger partial charge in [0.2, 0.25) is 5.91 Å². The number of nitrogens with one attached hydrogen (secondary N) is 1. The van der Waals surface area contributed by atoms with Gasteiger partial charge < -0.3 is 11.1 Å². The molecule has 3 nitrogen and oxygen atoms in total. The number of halogens is 2. The molecule has 0 spiro atoms. The summed E-state index contributed by atoms with van der Waals surface area (Å²) in [6.07, 6.45) is 3.55. The largest absolute Gasteiger partial charge is 0.355 e. The number of hydrogen-bond donors (Lipinski definition) is 2. The molecule has 1 aromatic rings. The Morgan fingerprint density at radius 3 is 2.65 bits per heavy atom. The molecule has 0 heterocycles. The lowest BCUT2D eigenvalue weighted by Crippen LogP contribution is -2.33. The maximum Gasteiger partial charge on any atom is 0.220 e. The Kier molecular flexibility index (Phi) is 6.49. The molecule has 1 atom stereocenters. The minimum Gasteiger partial charge on any atom is -0.355 e. The Bertz CT molecular complexity index is 461. The van der Waals surface area contributed by atoms with Crippen LogP contribution in [0.1, 0.15) is 38.2 Å². The molecule has 3 N–H and O–H groups in total. The molecule has 5 heteroatoms. The molecular weight excluding hydrogens is 340 g/mol. The average Bonchev–Trinajstić information content (AvgIpc) is 3.15. The van der Waals surface area contributed by atoms with Crippen molar-refractivity contribution in [3.05, 3.63) is 34.3 Å². The van der Waals surface area contributed by atoms with Crippen LogP contribution in [0.15, 0.2) is 28.7 Å². The van der Waals surface area contributed by atoms with Gasteiger partial charge in [0.1, 0.15) is 0 Å². The molecule has 2 rings (SSSR count). The molecule has 112 valence electrons. The average molecular weight is 362 g/mol. The highest BCUT2D eigenvalue weighted by Gasteiger charge is 2.45. The molecule has 0 saturated heterocycles. The Hall–Kier alpha value is -0.580. The summed E-state index contributed by atoms with van der Waals surface area (Å²) in [4.78, 5) is 11.8. The second-order valence-corrected chi connectivity index (χ2v) is 6.41. The molecule has 0 aromatic heterocycles. The fourth-order valence-corrected chi connectivity index (χ4v) is 3.00. The van der Waals surface area contributed by atoms with Gasteiger partial charge in [0.15, 0.2) is 0 Å². The third-order valence-corrected chi connectivity index (χ3v) is 4.44. The summed E-state index contributed by atoms with van der Waals surface area (Å²) in [7, 11) is 0. The van der Waals surface area contributed by atoms with Crippen LogP contribution in [0.4, 0.5) is 0 Å². The number of amides is 1. The van der Waals surface area contributed by atoms with Crippen molar-refractivity contribution in [2.45, 2.75) is 44.1 Å². The quantitative estimate of drug-likeness (QED) is 0.818. The molecular formula is C15H22BrClN2O. The highest BCUT2D eigenvalue weighted by molar-refractivity contribution is 9.10. The van der Waals surface area contributed by atoms with Crippen LogP contribution in [-0.4, -0.2) is 18.5 Å². The van der Waals surface area contributed by atoms with E-state index in [9.17, 15) is 4.79 Å². The minimum absolute atomic E-state index is 0. The standard InChI is InChI=1S/C15H21BrN2O.ClH/c1-11(17)6-7-14(19)18-10-15(8-9-15)12-4-2-3-5-13(12)16;/h2-5,11H,6-10,17H2,1H3,(H,18,19);1H. The van der Waals surface area contributed by atoms with E-state index in [0.717, 1.165) is 30.3 Å². The van der Waals surface area contributed by atoms with Gasteiger partial charge in [-0.25, -0.2) is 0 Å². The van der Waals surface area contributed by atoms with E-state index in [1.54, 1.807) is 0 Å². The lowest BCUT2D eigenvalue weighted by Gasteiger charge is -2.18. The molecule has 0 aliphatic heterocycles. The van der Waals surface area contributed by atoms with Gasteiger partial charge in [0.25, 0.3) is 0 Å². The number of benzene rings is 1. The molecule has 1 fully saturated rings. The predicted octanol–water partition coefficient (Wildman–Crippen LogP) is 3.15. The smallest absolute Gasteiger partial charge is 0.220 e. The van der Waals surface area contributed by atoms with E-state index in [1.807, 2.05) is 13.0 Å². The fourth-order valence-electron chi connectivity index (χ4n) is 2.30. The lowest BCUT2D eigenvalue weighted by atomic mass is 9.96. The fraction of sp³-hybridized carbons (Fsp3) is 0.533. The van der Waals surface area contributed by atoms with E-state index in [4.69, 9.17) is 5.73 Å². The first kappa shape index (κ1) is 17.5. The molecule has 20 heavy (non-hydrogen) atoms. The van der Waals surface area contributed by atoms with Crippen molar-refractivity contribution in [2.24, 2.45) is 5.73 Å². The highest BCUT2D eigenvalue weighted by Crippen LogP contribution is 2.49. The van der Waals surface area contributed by atoms with Crippen LogP contribution in [0.5, 0.6) is 0 Å². The summed E-state index contributed by atoms with van der Waals surface area (Å²) < 4.78 is 1.14. The Morgan fingerprint density at radius 2 is 2.10 bits per heavy atom. The zero-order valence-corrected chi connectivity index (χ0v) is 14.1. The monoisotopic (exact) mass is 360 g/mol. The summed E-state index contributed by atoms with van der Waals surface area (Å²) in [5.74, 6) is 0.107. The SMILES string of the molecule is CC(N)CCC(=O)NCC1(c2ccccc2Br)CC1.Cl. The van der Waals surface area contributed by atoms with E-state index >= 15 is 0 Å². The van der Waals surface area contributed by atoms with Crippen molar-refractivity contribution in [1.29, 1.82) is 0 Å². The summed E-state index contributed by atoms with van der Waals surface area (Å²) >= 11 is 3.60. The van der Waals surface area contributed by atoms with E-state index in [1.165, 1.54) is 5.56 Å². The van der Waals surface area contributed by atoms with Crippen molar-refractivity contribution in [3.8, 4) is 0 Å². The van der Waals surface area contributed by atoms with Crippen LogP contribution >= 0.6 is 28.3 Å². The van der Waals surface area contributed by atoms with Crippen molar-refractivity contribution in [1.82, 2.24) is 5.32 Å². The number of carbonyl (C=O) groups excluding carboxylic acids is 1. The van der Waals surface area contributed by atoms with Gasteiger partial charge >= 0.3 is 0 Å². The van der Waals surface area contributed by atoms with Gasteiger partial charge in [-0.1, -0.05) is 34.1 Å². The van der Waals surface area contributed by atoms with Gasteiger partial charge in [-0.15, -0.1) is 12.4 Å². The van der Waals surface area contributed by atoms with Gasteiger partial charge in [0.05, 0.1) is 0 Å². The zero-order chi connectivity index (χ0) is 13.9. The molecule has 1 aliphatic carbocycles. The molecule has 0 radical (unpaired) electrons. The zero-order valence-electron chi connectivity index (χ0n) is 11.7. The number of nitrogens with two attached hydrogens (primary N) is 1. The lowest BCUT2D eigenvalue weighted by molar-refractivity contribution is -0.121. The van der Waals surface area contributed by atoms with Crippen LogP contribution in [0.25, 0.3) is 0 Å². The second-order valence-electron chi connectivity index (χ2n) is 5.55. The Morgan fingerprint density at radius 1 is 1.45 bits per heavy atom. The molecule has 1 amide bonds. The van der Waals surface area contributed by atoms with Crippen LogP contribution in [-0.2, 0) is 10.2 Å². The summed E-state index contributed by atoms with van der Waals surface area (Å²) in [5.41, 5.74) is 7.11. The van der Waals surface area contributed by atoms with E-state index in [0.29, 0.717) is 6.42 Å². The maximum atomic E-state index is 11.8. The normalized spacial score (nSPS) is 16.9. The molecule has 1 unspecified atom stereocenters.